The number of fused-ring (bicyclic) bond motifs is 1. The number of methoxy groups -OCH3 is 1. The Morgan fingerprint density at radius 3 is 2.88 bits per heavy atom. The number of rotatable bonds is 2. The van der Waals surface area contributed by atoms with Crippen LogP contribution in [0.3, 0.4) is 0 Å². The van der Waals surface area contributed by atoms with Gasteiger partial charge < -0.3 is 15.0 Å². The van der Waals surface area contributed by atoms with Crippen LogP contribution in [0, 0.1) is 6.92 Å². The number of nitrogens with one attached hydrogen (secondary N) is 1. The highest BCUT2D eigenvalue weighted by Gasteiger charge is 2.25. The maximum Gasteiger partial charge on any atom is 0.409 e. The minimum Gasteiger partial charge on any atom is -0.453 e. The third kappa shape index (κ3) is 3.22. The number of amides is 2. The van der Waals surface area contributed by atoms with Gasteiger partial charge in [-0.3, -0.25) is 9.78 Å². The van der Waals surface area contributed by atoms with E-state index in [1.165, 1.54) is 7.11 Å². The molecular formula is C18H19N3O3. The first kappa shape index (κ1) is 16.0. The van der Waals surface area contributed by atoms with E-state index in [4.69, 9.17) is 4.74 Å². The Kier molecular flexibility index (Phi) is 4.46. The highest BCUT2D eigenvalue weighted by molar-refractivity contribution is 6.05. The zero-order valence-corrected chi connectivity index (χ0v) is 13.7. The fourth-order valence-corrected chi connectivity index (χ4v) is 2.90. The Bertz CT molecular complexity index is 789. The Hall–Kier alpha value is -2.89. The monoisotopic (exact) mass is 325 g/mol. The Morgan fingerprint density at radius 2 is 2.12 bits per heavy atom. The predicted molar refractivity (Wildman–Crippen MR) is 89.9 cm³/mol. The summed E-state index contributed by atoms with van der Waals surface area (Å²) < 4.78 is 4.76. The van der Waals surface area contributed by atoms with Crippen LogP contribution in [0.1, 0.15) is 27.0 Å². The molecule has 6 nitrogen and oxygen atoms in total. The first-order valence-electron chi connectivity index (χ1n) is 7.75. The maximum atomic E-state index is 12.6. The molecule has 3 rings (SSSR count). The molecule has 1 aromatic carbocycles. The topological polar surface area (TPSA) is 71.5 Å². The lowest BCUT2D eigenvalue weighted by Gasteiger charge is -2.28. The molecule has 124 valence electrons. The maximum absolute atomic E-state index is 12.6. The van der Waals surface area contributed by atoms with E-state index in [9.17, 15) is 9.59 Å². The van der Waals surface area contributed by atoms with Crippen molar-refractivity contribution in [2.24, 2.45) is 0 Å². The molecule has 2 heterocycles. The summed E-state index contributed by atoms with van der Waals surface area (Å²) in [5, 5.41) is 2.91. The minimum atomic E-state index is -0.365. The summed E-state index contributed by atoms with van der Waals surface area (Å²) in [6.07, 6.45) is 3.52. The van der Waals surface area contributed by atoms with Gasteiger partial charge >= 0.3 is 6.09 Å². The van der Waals surface area contributed by atoms with Gasteiger partial charge in [0.2, 0.25) is 0 Å². The molecule has 1 aliphatic rings. The number of hydrogen-bond donors (Lipinski definition) is 1. The molecule has 1 aromatic heterocycles. The van der Waals surface area contributed by atoms with Crippen LogP contribution >= 0.6 is 0 Å². The molecule has 0 radical (unpaired) electrons. The standard InChI is InChI=1S/C18H19N3O3/c1-12-4-3-5-14(8-12)20-17(22)16-10-19-9-13-11-21(18(23)24-2)7-6-15(13)16/h3-5,8-10H,6-7,11H2,1-2H3,(H,20,22). The summed E-state index contributed by atoms with van der Waals surface area (Å²) in [6, 6.07) is 7.65. The predicted octanol–water partition coefficient (Wildman–Crippen LogP) is 2.77. The quantitative estimate of drug-likeness (QED) is 0.921. The van der Waals surface area contributed by atoms with Crippen LogP contribution in [0.15, 0.2) is 36.7 Å². The van der Waals surface area contributed by atoms with Gasteiger partial charge in [0.05, 0.1) is 19.2 Å². The zero-order chi connectivity index (χ0) is 17.1. The van der Waals surface area contributed by atoms with E-state index >= 15 is 0 Å². The van der Waals surface area contributed by atoms with E-state index < -0.39 is 0 Å². The van der Waals surface area contributed by atoms with Crippen LogP contribution in [-0.2, 0) is 17.7 Å². The number of nitrogens with zero attached hydrogens (tertiary/aromatic N) is 2. The SMILES string of the molecule is COC(=O)N1CCc2c(cncc2C(=O)Nc2cccc(C)c2)C1. The van der Waals surface area contributed by atoms with E-state index in [1.54, 1.807) is 17.3 Å². The summed E-state index contributed by atoms with van der Waals surface area (Å²) in [6.45, 7) is 2.90. The molecule has 1 N–H and O–H groups in total. The van der Waals surface area contributed by atoms with Crippen LogP contribution in [0.2, 0.25) is 0 Å². The fourth-order valence-electron chi connectivity index (χ4n) is 2.90. The van der Waals surface area contributed by atoms with Crippen LogP contribution in [0.25, 0.3) is 0 Å². The van der Waals surface area contributed by atoms with Gasteiger partial charge in [0.1, 0.15) is 0 Å². The van der Waals surface area contributed by atoms with Gasteiger partial charge in [0, 0.05) is 24.6 Å². The van der Waals surface area contributed by atoms with Crippen LogP contribution in [0.5, 0.6) is 0 Å². The van der Waals surface area contributed by atoms with Crippen molar-refractivity contribution in [1.82, 2.24) is 9.88 Å². The highest BCUT2D eigenvalue weighted by atomic mass is 16.5. The lowest BCUT2D eigenvalue weighted by molar-refractivity contribution is 0.102. The molecule has 0 spiro atoms. The van der Waals surface area contributed by atoms with Crippen molar-refractivity contribution >= 4 is 17.7 Å². The molecular weight excluding hydrogens is 306 g/mol. The summed E-state index contributed by atoms with van der Waals surface area (Å²) in [7, 11) is 1.36. The summed E-state index contributed by atoms with van der Waals surface area (Å²) >= 11 is 0. The van der Waals surface area contributed by atoms with E-state index in [1.807, 2.05) is 31.2 Å². The van der Waals surface area contributed by atoms with Gasteiger partial charge in [-0.2, -0.15) is 0 Å². The van der Waals surface area contributed by atoms with Crippen molar-refractivity contribution in [3.8, 4) is 0 Å². The second-order valence-electron chi connectivity index (χ2n) is 5.79. The molecule has 0 aliphatic carbocycles. The largest absolute Gasteiger partial charge is 0.453 e. The second-order valence-corrected chi connectivity index (χ2v) is 5.79. The van der Waals surface area contributed by atoms with Crippen molar-refractivity contribution < 1.29 is 14.3 Å². The van der Waals surface area contributed by atoms with E-state index in [-0.39, 0.29) is 12.0 Å². The number of hydrogen-bond acceptors (Lipinski definition) is 4. The average molecular weight is 325 g/mol. The number of aromatic nitrogens is 1. The first-order valence-corrected chi connectivity index (χ1v) is 7.75. The number of anilines is 1. The van der Waals surface area contributed by atoms with Crippen molar-refractivity contribution in [3.63, 3.8) is 0 Å². The molecule has 2 amide bonds. The lowest BCUT2D eigenvalue weighted by Crippen LogP contribution is -2.36. The van der Waals surface area contributed by atoms with Gasteiger partial charge in [-0.05, 0) is 42.2 Å². The Labute approximate surface area is 140 Å². The Morgan fingerprint density at radius 1 is 1.29 bits per heavy atom. The number of ether oxygens (including phenoxy) is 1. The molecule has 24 heavy (non-hydrogen) atoms. The fraction of sp³-hybridized carbons (Fsp3) is 0.278. The molecule has 0 unspecified atom stereocenters. The van der Waals surface area contributed by atoms with Crippen molar-refractivity contribution in [1.29, 1.82) is 0 Å². The minimum absolute atomic E-state index is 0.184. The number of carbonyl (C=O) groups is 2. The van der Waals surface area contributed by atoms with Crippen molar-refractivity contribution in [3.05, 3.63) is 58.9 Å². The molecule has 0 atom stereocenters. The number of carbonyl (C=O) groups excluding carboxylic acids is 2. The third-order valence-corrected chi connectivity index (χ3v) is 4.09. The average Bonchev–Trinajstić information content (AvgIpc) is 2.60. The number of pyridine rings is 1. The summed E-state index contributed by atoms with van der Waals surface area (Å²) in [5.41, 5.74) is 4.21. The molecule has 0 fully saturated rings. The highest BCUT2D eigenvalue weighted by Crippen LogP contribution is 2.23. The second kappa shape index (κ2) is 6.70. The van der Waals surface area contributed by atoms with Crippen molar-refractivity contribution in [2.75, 3.05) is 19.0 Å². The molecule has 1 aliphatic heterocycles. The molecule has 6 heteroatoms. The molecule has 0 bridgehead atoms. The van der Waals surface area contributed by atoms with Gasteiger partial charge in [-0.1, -0.05) is 12.1 Å². The molecule has 0 saturated heterocycles. The van der Waals surface area contributed by atoms with Crippen LogP contribution < -0.4 is 5.32 Å². The zero-order valence-electron chi connectivity index (χ0n) is 13.7. The number of benzene rings is 1. The van der Waals surface area contributed by atoms with Gasteiger partial charge in [0.15, 0.2) is 0 Å². The third-order valence-electron chi connectivity index (χ3n) is 4.09. The summed E-state index contributed by atoms with van der Waals surface area (Å²) in [5.74, 6) is -0.184. The Balaban J connectivity index is 1.83. The van der Waals surface area contributed by atoms with Crippen molar-refractivity contribution in [2.45, 2.75) is 19.9 Å². The summed E-state index contributed by atoms with van der Waals surface area (Å²) in [4.78, 5) is 30.0. The van der Waals surface area contributed by atoms with E-state index in [0.717, 1.165) is 22.4 Å². The van der Waals surface area contributed by atoms with E-state index in [2.05, 4.69) is 10.3 Å². The molecule has 2 aromatic rings. The van der Waals surface area contributed by atoms with Gasteiger partial charge in [-0.25, -0.2) is 4.79 Å². The van der Waals surface area contributed by atoms with Gasteiger partial charge in [-0.15, -0.1) is 0 Å². The van der Waals surface area contributed by atoms with Crippen LogP contribution in [0.4, 0.5) is 10.5 Å². The molecule has 0 saturated carbocycles. The number of aryl methyl sites for hydroxylation is 1. The van der Waals surface area contributed by atoms with Crippen LogP contribution in [-0.4, -0.2) is 35.5 Å². The smallest absolute Gasteiger partial charge is 0.409 e. The normalized spacial score (nSPS) is 13.2. The van der Waals surface area contributed by atoms with E-state index in [0.29, 0.717) is 25.1 Å². The lowest BCUT2D eigenvalue weighted by atomic mass is 9.97. The first-order chi connectivity index (χ1) is 11.6. The van der Waals surface area contributed by atoms with Gasteiger partial charge in [0.25, 0.3) is 5.91 Å².